The Morgan fingerprint density at radius 2 is 1.74 bits per heavy atom. The molecule has 0 amide bonds. The van der Waals surface area contributed by atoms with Gasteiger partial charge in [0, 0.05) is 23.1 Å². The highest BCUT2D eigenvalue weighted by molar-refractivity contribution is 6.33. The molecule has 1 atom stereocenters. The molecule has 0 N–H and O–H groups in total. The predicted molar refractivity (Wildman–Crippen MR) is 127 cm³/mol. The van der Waals surface area contributed by atoms with Gasteiger partial charge in [-0.25, -0.2) is 0 Å². The molecule has 0 spiro atoms. The molecule has 1 aromatic heterocycles. The molecule has 0 aliphatic carbocycles. The maximum Gasteiger partial charge on any atom is 0.387 e. The SMILES string of the molecule is CCC(=O)OC(C)CC.COc1cc2cc(C)n(C(=O)c3ccc(OC(F)F)cc3)c2cc1Cl. The second kappa shape index (κ2) is 12.4. The molecular formula is C25H28ClF2NO5. The largest absolute Gasteiger partial charge is 0.495 e. The van der Waals surface area contributed by atoms with Crippen LogP contribution in [0.2, 0.25) is 5.02 Å². The Balaban J connectivity index is 0.000000387. The van der Waals surface area contributed by atoms with Crippen molar-refractivity contribution in [3.63, 3.8) is 0 Å². The molecule has 6 nitrogen and oxygen atoms in total. The Kier molecular flexibility index (Phi) is 9.86. The summed E-state index contributed by atoms with van der Waals surface area (Å²) in [6, 6.07) is 10.8. The minimum Gasteiger partial charge on any atom is -0.495 e. The van der Waals surface area contributed by atoms with Gasteiger partial charge in [-0.3, -0.25) is 14.2 Å². The predicted octanol–water partition coefficient (Wildman–Crippen LogP) is 6.64. The summed E-state index contributed by atoms with van der Waals surface area (Å²) in [4.78, 5) is 23.4. The highest BCUT2D eigenvalue weighted by Crippen LogP contribution is 2.32. The van der Waals surface area contributed by atoms with E-state index in [9.17, 15) is 18.4 Å². The van der Waals surface area contributed by atoms with E-state index in [0.717, 1.165) is 17.5 Å². The van der Waals surface area contributed by atoms with Gasteiger partial charge in [0.2, 0.25) is 0 Å². The molecule has 9 heteroatoms. The van der Waals surface area contributed by atoms with E-state index in [1.54, 1.807) is 26.0 Å². The fourth-order valence-corrected chi connectivity index (χ4v) is 3.31. The Bertz CT molecular complexity index is 1130. The number of esters is 1. The van der Waals surface area contributed by atoms with Gasteiger partial charge >= 0.3 is 12.6 Å². The molecule has 34 heavy (non-hydrogen) atoms. The number of fused-ring (bicyclic) bond motifs is 1. The normalized spacial score (nSPS) is 11.6. The summed E-state index contributed by atoms with van der Waals surface area (Å²) < 4.78 is 40.3. The summed E-state index contributed by atoms with van der Waals surface area (Å²) in [7, 11) is 1.52. The van der Waals surface area contributed by atoms with Crippen molar-refractivity contribution in [2.45, 2.75) is 53.3 Å². The lowest BCUT2D eigenvalue weighted by Crippen LogP contribution is -2.13. The first-order valence-corrected chi connectivity index (χ1v) is 11.1. The zero-order valence-electron chi connectivity index (χ0n) is 19.7. The highest BCUT2D eigenvalue weighted by Gasteiger charge is 2.17. The molecular weight excluding hydrogens is 468 g/mol. The number of halogens is 3. The van der Waals surface area contributed by atoms with Gasteiger partial charge in [-0.15, -0.1) is 0 Å². The fraction of sp³-hybridized carbons (Fsp3) is 0.360. The standard InChI is InChI=1S/C18H14ClF2NO3.C7H14O2/c1-10-7-12-8-16(24-2)14(19)9-15(12)22(10)17(23)11-3-5-13(6-4-11)25-18(20)21;1-4-6(3)9-7(8)5-2/h3-9,18H,1-2H3;6H,4-5H2,1-3H3. The number of alkyl halides is 2. The van der Waals surface area contributed by atoms with Gasteiger partial charge in [0.25, 0.3) is 5.91 Å². The molecule has 0 bridgehead atoms. The first-order valence-electron chi connectivity index (χ1n) is 10.8. The number of hydrogen-bond acceptors (Lipinski definition) is 5. The van der Waals surface area contributed by atoms with Crippen LogP contribution >= 0.6 is 11.6 Å². The number of benzene rings is 2. The van der Waals surface area contributed by atoms with Gasteiger partial charge in [-0.2, -0.15) is 8.78 Å². The summed E-state index contributed by atoms with van der Waals surface area (Å²) >= 11 is 6.17. The number of aromatic nitrogens is 1. The number of rotatable bonds is 7. The summed E-state index contributed by atoms with van der Waals surface area (Å²) in [5, 5.41) is 1.20. The molecule has 1 heterocycles. The lowest BCUT2D eigenvalue weighted by molar-refractivity contribution is -0.147. The topological polar surface area (TPSA) is 66.8 Å². The van der Waals surface area contributed by atoms with Crippen molar-refractivity contribution in [3.8, 4) is 11.5 Å². The van der Waals surface area contributed by atoms with Crippen LogP contribution < -0.4 is 9.47 Å². The molecule has 0 aliphatic rings. The first kappa shape index (κ1) is 27.1. The van der Waals surface area contributed by atoms with Crippen molar-refractivity contribution in [2.75, 3.05) is 7.11 Å². The molecule has 0 aliphatic heterocycles. The Labute approximate surface area is 202 Å². The summed E-state index contributed by atoms with van der Waals surface area (Å²) in [5.41, 5.74) is 1.70. The van der Waals surface area contributed by atoms with Gasteiger partial charge < -0.3 is 14.2 Å². The van der Waals surface area contributed by atoms with Crippen molar-refractivity contribution >= 4 is 34.4 Å². The number of nitrogens with zero attached hydrogens (tertiary/aromatic N) is 1. The minimum atomic E-state index is -2.91. The third kappa shape index (κ3) is 6.93. The molecule has 0 fully saturated rings. The van der Waals surface area contributed by atoms with Crippen molar-refractivity contribution in [1.82, 2.24) is 4.57 Å². The van der Waals surface area contributed by atoms with E-state index >= 15 is 0 Å². The van der Waals surface area contributed by atoms with Crippen molar-refractivity contribution in [1.29, 1.82) is 0 Å². The quantitative estimate of drug-likeness (QED) is 0.344. The number of methoxy groups -OCH3 is 1. The summed E-state index contributed by atoms with van der Waals surface area (Å²) in [5.74, 6) is 0.113. The molecule has 2 aromatic carbocycles. The molecule has 0 saturated heterocycles. The van der Waals surface area contributed by atoms with E-state index in [0.29, 0.717) is 28.3 Å². The van der Waals surface area contributed by atoms with E-state index in [-0.39, 0.29) is 23.7 Å². The number of hydrogen-bond donors (Lipinski definition) is 0. The third-order valence-corrected chi connectivity index (χ3v) is 5.28. The van der Waals surface area contributed by atoms with Crippen molar-refractivity contribution in [2.24, 2.45) is 0 Å². The average molecular weight is 496 g/mol. The summed E-state index contributed by atoms with van der Waals surface area (Å²) in [6.45, 7) is 4.58. The van der Waals surface area contributed by atoms with Gasteiger partial charge in [0.1, 0.15) is 11.5 Å². The van der Waals surface area contributed by atoms with Gasteiger partial charge in [0.15, 0.2) is 0 Å². The van der Waals surface area contributed by atoms with Crippen LogP contribution in [0.15, 0.2) is 42.5 Å². The molecule has 1 unspecified atom stereocenters. The number of ether oxygens (including phenoxy) is 3. The maximum atomic E-state index is 12.8. The molecule has 184 valence electrons. The Hall–Kier alpha value is -3.13. The number of carbonyl (C=O) groups is 2. The lowest BCUT2D eigenvalue weighted by atomic mass is 10.2. The van der Waals surface area contributed by atoms with Gasteiger partial charge in [-0.05, 0) is 62.7 Å². The monoisotopic (exact) mass is 495 g/mol. The lowest BCUT2D eigenvalue weighted by Gasteiger charge is -2.09. The van der Waals surface area contributed by atoms with Crippen LogP contribution in [0.25, 0.3) is 10.9 Å². The average Bonchev–Trinajstić information content (AvgIpc) is 3.12. The van der Waals surface area contributed by atoms with Crippen LogP contribution in [-0.4, -0.2) is 36.3 Å². The molecule has 0 saturated carbocycles. The number of aryl methyl sites for hydroxylation is 1. The Morgan fingerprint density at radius 3 is 2.26 bits per heavy atom. The second-order valence-corrected chi connectivity index (χ2v) is 7.84. The van der Waals surface area contributed by atoms with E-state index in [1.807, 2.05) is 19.9 Å². The van der Waals surface area contributed by atoms with Crippen molar-refractivity contribution < 1.29 is 32.6 Å². The van der Waals surface area contributed by atoms with E-state index in [1.165, 1.54) is 35.9 Å². The van der Waals surface area contributed by atoms with Crippen molar-refractivity contribution in [3.05, 3.63) is 58.7 Å². The molecule has 0 radical (unpaired) electrons. The molecule has 3 rings (SSSR count). The smallest absolute Gasteiger partial charge is 0.387 e. The van der Waals surface area contributed by atoms with E-state index in [2.05, 4.69) is 4.74 Å². The van der Waals surface area contributed by atoms with E-state index in [4.69, 9.17) is 21.1 Å². The van der Waals surface area contributed by atoms with Crippen LogP contribution in [0.3, 0.4) is 0 Å². The van der Waals surface area contributed by atoms with E-state index < -0.39 is 6.61 Å². The van der Waals surface area contributed by atoms with Gasteiger partial charge in [-0.1, -0.05) is 25.4 Å². The molecule has 3 aromatic rings. The van der Waals surface area contributed by atoms with Crippen LogP contribution in [-0.2, 0) is 9.53 Å². The van der Waals surface area contributed by atoms with Crippen LogP contribution in [0.5, 0.6) is 11.5 Å². The third-order valence-electron chi connectivity index (χ3n) is 4.98. The van der Waals surface area contributed by atoms with Crippen LogP contribution in [0, 0.1) is 6.92 Å². The Morgan fingerprint density at radius 1 is 1.09 bits per heavy atom. The fourth-order valence-electron chi connectivity index (χ4n) is 3.07. The highest BCUT2D eigenvalue weighted by atomic mass is 35.5. The maximum absolute atomic E-state index is 12.8. The minimum absolute atomic E-state index is 0.00610. The first-order chi connectivity index (χ1) is 16.1. The zero-order valence-corrected chi connectivity index (χ0v) is 20.5. The van der Waals surface area contributed by atoms with Crippen LogP contribution in [0.4, 0.5) is 8.78 Å². The summed E-state index contributed by atoms with van der Waals surface area (Å²) in [6.07, 6.45) is 1.45. The number of carbonyl (C=O) groups excluding carboxylic acids is 2. The second-order valence-electron chi connectivity index (χ2n) is 7.44. The van der Waals surface area contributed by atoms with Crippen LogP contribution in [0.1, 0.15) is 49.7 Å². The zero-order chi connectivity index (χ0) is 25.4. The van der Waals surface area contributed by atoms with Gasteiger partial charge in [0.05, 0.1) is 23.8 Å².